The van der Waals surface area contributed by atoms with E-state index in [0.29, 0.717) is 17.3 Å². The molecule has 0 saturated carbocycles. The fraction of sp³-hybridized carbons (Fsp3) is 0.150. The van der Waals surface area contributed by atoms with E-state index in [9.17, 15) is 9.59 Å². The molecule has 5 nitrogen and oxygen atoms in total. The first-order valence-electron chi connectivity index (χ1n) is 8.33. The third-order valence-corrected chi connectivity index (χ3v) is 4.51. The van der Waals surface area contributed by atoms with Crippen LogP contribution in [0.2, 0.25) is 5.02 Å². The number of benzene rings is 2. The second-order valence-electron chi connectivity index (χ2n) is 5.80. The lowest BCUT2D eigenvalue weighted by Crippen LogP contribution is -2.54. The van der Waals surface area contributed by atoms with Crippen molar-refractivity contribution in [1.29, 1.82) is 0 Å². The quantitative estimate of drug-likeness (QED) is 0.350. The predicted molar refractivity (Wildman–Crippen MR) is 109 cm³/mol. The number of ether oxygens (including phenoxy) is 1. The number of hydrogen-bond donors (Lipinski definition) is 1. The molecule has 0 aliphatic carbocycles. The molecular weight excluding hydrogens is 384 g/mol. The van der Waals surface area contributed by atoms with Crippen molar-refractivity contribution in [2.24, 2.45) is 0 Å². The lowest BCUT2D eigenvalue weighted by Gasteiger charge is -2.28. The summed E-state index contributed by atoms with van der Waals surface area (Å²) in [5.41, 5.74) is 1.69. The molecule has 1 aliphatic heterocycles. The van der Waals surface area contributed by atoms with Gasteiger partial charge in [0.15, 0.2) is 5.11 Å². The van der Waals surface area contributed by atoms with Crippen LogP contribution < -0.4 is 10.2 Å². The summed E-state index contributed by atoms with van der Waals surface area (Å²) in [5.74, 6) is -1.01. The Morgan fingerprint density at radius 1 is 1.07 bits per heavy atom. The molecule has 2 amide bonds. The summed E-state index contributed by atoms with van der Waals surface area (Å²) in [7, 11) is 0. The van der Waals surface area contributed by atoms with Crippen LogP contribution in [0.1, 0.15) is 5.56 Å². The van der Waals surface area contributed by atoms with Crippen LogP contribution in [0.15, 0.2) is 66.2 Å². The highest BCUT2D eigenvalue weighted by molar-refractivity contribution is 7.80. The van der Waals surface area contributed by atoms with Gasteiger partial charge in [-0.2, -0.15) is 0 Å². The van der Waals surface area contributed by atoms with E-state index in [1.54, 1.807) is 24.3 Å². The highest BCUT2D eigenvalue weighted by Gasteiger charge is 2.34. The summed E-state index contributed by atoms with van der Waals surface area (Å²) < 4.78 is 5.54. The van der Waals surface area contributed by atoms with Gasteiger partial charge in [0, 0.05) is 5.02 Å². The van der Waals surface area contributed by atoms with E-state index in [4.69, 9.17) is 28.6 Å². The smallest absolute Gasteiger partial charge is 0.269 e. The van der Waals surface area contributed by atoms with Crippen LogP contribution in [-0.2, 0) is 20.7 Å². The molecular formula is C20H17ClN2O3S. The topological polar surface area (TPSA) is 58.6 Å². The Morgan fingerprint density at radius 3 is 2.48 bits per heavy atom. The highest BCUT2D eigenvalue weighted by atomic mass is 35.5. The number of rotatable bonds is 6. The van der Waals surface area contributed by atoms with Crippen molar-refractivity contribution >= 4 is 46.4 Å². The third kappa shape index (κ3) is 4.80. The van der Waals surface area contributed by atoms with E-state index < -0.39 is 11.8 Å². The van der Waals surface area contributed by atoms with Gasteiger partial charge in [-0.3, -0.25) is 19.8 Å². The molecule has 1 heterocycles. The summed E-state index contributed by atoms with van der Waals surface area (Å²) in [5, 5.41) is 3.11. The van der Waals surface area contributed by atoms with Gasteiger partial charge in [-0.15, -0.1) is 0 Å². The minimum atomic E-state index is -0.526. The molecule has 2 aromatic rings. The van der Waals surface area contributed by atoms with Crippen LogP contribution in [0, 0.1) is 0 Å². The fourth-order valence-electron chi connectivity index (χ4n) is 2.60. The molecule has 0 unspecified atom stereocenters. The third-order valence-electron chi connectivity index (χ3n) is 3.97. The number of carbonyl (C=O) groups excluding carboxylic acids is 2. The van der Waals surface area contributed by atoms with E-state index in [0.717, 1.165) is 12.0 Å². The zero-order chi connectivity index (χ0) is 19.2. The van der Waals surface area contributed by atoms with E-state index in [1.165, 1.54) is 11.0 Å². The van der Waals surface area contributed by atoms with Gasteiger partial charge < -0.3 is 4.74 Å². The SMILES string of the molecule is O=C1NC(=S)N(c2ccc(Cl)cc2)C(=O)/C1=C\COCCc1ccccc1. The van der Waals surface area contributed by atoms with E-state index in [2.05, 4.69) is 5.32 Å². The van der Waals surface area contributed by atoms with Crippen LogP contribution in [0.3, 0.4) is 0 Å². The lowest BCUT2D eigenvalue weighted by atomic mass is 10.1. The number of hydrogen-bond acceptors (Lipinski definition) is 4. The number of thiocarbonyl (C=S) groups is 1. The summed E-state index contributed by atoms with van der Waals surface area (Å²) in [6.07, 6.45) is 2.23. The first-order chi connectivity index (χ1) is 13.1. The van der Waals surface area contributed by atoms with Crippen LogP contribution in [0.4, 0.5) is 5.69 Å². The molecule has 1 aliphatic rings. The standard InChI is InChI=1S/C20H17ClN2O3S/c21-15-6-8-16(9-7-15)23-19(25)17(18(24)22-20(23)27)11-13-26-12-10-14-4-2-1-3-5-14/h1-9,11H,10,12-13H2,(H,22,24,27)/b17-11-. The first kappa shape index (κ1) is 19.2. The van der Waals surface area contributed by atoms with Gasteiger partial charge in [0.25, 0.3) is 11.8 Å². The molecule has 1 saturated heterocycles. The molecule has 138 valence electrons. The molecule has 2 aromatic carbocycles. The summed E-state index contributed by atoms with van der Waals surface area (Å²) >= 11 is 11.0. The molecule has 0 aromatic heterocycles. The normalized spacial score (nSPS) is 16.0. The average Bonchev–Trinajstić information content (AvgIpc) is 2.66. The monoisotopic (exact) mass is 400 g/mol. The largest absolute Gasteiger partial charge is 0.377 e. The van der Waals surface area contributed by atoms with Crippen molar-refractivity contribution in [1.82, 2.24) is 5.32 Å². The molecule has 27 heavy (non-hydrogen) atoms. The lowest BCUT2D eigenvalue weighted by molar-refractivity contribution is -0.122. The molecule has 0 radical (unpaired) electrons. The summed E-state index contributed by atoms with van der Waals surface area (Å²) in [6, 6.07) is 16.6. The molecule has 0 spiro atoms. The van der Waals surface area contributed by atoms with Crippen molar-refractivity contribution in [2.75, 3.05) is 18.1 Å². The second kappa shape index (κ2) is 8.90. The molecule has 3 rings (SSSR count). The number of amides is 2. The minimum Gasteiger partial charge on any atom is -0.377 e. The Bertz CT molecular complexity index is 882. The number of anilines is 1. The Labute approximate surface area is 167 Å². The second-order valence-corrected chi connectivity index (χ2v) is 6.63. The van der Waals surface area contributed by atoms with Crippen molar-refractivity contribution in [3.8, 4) is 0 Å². The zero-order valence-corrected chi connectivity index (χ0v) is 15.9. The van der Waals surface area contributed by atoms with Gasteiger partial charge in [0.2, 0.25) is 0 Å². The molecule has 0 atom stereocenters. The van der Waals surface area contributed by atoms with E-state index >= 15 is 0 Å². The summed E-state index contributed by atoms with van der Waals surface area (Å²) in [6.45, 7) is 0.644. The van der Waals surface area contributed by atoms with Gasteiger partial charge in [0.05, 0.1) is 18.9 Å². The van der Waals surface area contributed by atoms with Gasteiger partial charge >= 0.3 is 0 Å². The highest BCUT2D eigenvalue weighted by Crippen LogP contribution is 2.22. The van der Waals surface area contributed by atoms with Crippen LogP contribution in [0.5, 0.6) is 0 Å². The van der Waals surface area contributed by atoms with Crippen LogP contribution >= 0.6 is 23.8 Å². The van der Waals surface area contributed by atoms with Gasteiger partial charge in [-0.05, 0) is 54.5 Å². The number of carbonyl (C=O) groups is 2. The molecule has 1 N–H and O–H groups in total. The first-order valence-corrected chi connectivity index (χ1v) is 9.12. The Hall–Kier alpha value is -2.54. The maximum atomic E-state index is 12.7. The number of nitrogens with zero attached hydrogens (tertiary/aromatic N) is 1. The Kier molecular flexibility index (Phi) is 6.34. The van der Waals surface area contributed by atoms with Crippen molar-refractivity contribution in [2.45, 2.75) is 6.42 Å². The number of nitrogens with one attached hydrogen (secondary N) is 1. The molecule has 1 fully saturated rings. The van der Waals surface area contributed by atoms with Crippen molar-refractivity contribution in [3.63, 3.8) is 0 Å². The zero-order valence-electron chi connectivity index (χ0n) is 14.4. The minimum absolute atomic E-state index is 0.00161. The van der Waals surface area contributed by atoms with Crippen molar-refractivity contribution in [3.05, 3.63) is 76.8 Å². The summed E-state index contributed by atoms with van der Waals surface area (Å²) in [4.78, 5) is 26.1. The number of halogens is 1. The molecule has 7 heteroatoms. The van der Waals surface area contributed by atoms with Crippen LogP contribution in [-0.4, -0.2) is 30.1 Å². The maximum Gasteiger partial charge on any atom is 0.269 e. The Balaban J connectivity index is 1.64. The van der Waals surface area contributed by atoms with E-state index in [-0.39, 0.29) is 17.3 Å². The predicted octanol–water partition coefficient (Wildman–Crippen LogP) is 3.27. The van der Waals surface area contributed by atoms with Gasteiger partial charge in [-0.25, -0.2) is 0 Å². The van der Waals surface area contributed by atoms with E-state index in [1.807, 2.05) is 30.3 Å². The average molecular weight is 401 g/mol. The Morgan fingerprint density at radius 2 is 1.78 bits per heavy atom. The van der Waals surface area contributed by atoms with Crippen molar-refractivity contribution < 1.29 is 14.3 Å². The fourth-order valence-corrected chi connectivity index (χ4v) is 3.00. The van der Waals surface area contributed by atoms with Crippen LogP contribution in [0.25, 0.3) is 0 Å². The van der Waals surface area contributed by atoms with Gasteiger partial charge in [0.1, 0.15) is 5.57 Å². The van der Waals surface area contributed by atoms with Gasteiger partial charge in [-0.1, -0.05) is 41.9 Å². The molecule has 0 bridgehead atoms. The maximum absolute atomic E-state index is 12.7.